The largest absolute Gasteiger partial charge is 0.399 e. The first-order valence-electron chi connectivity index (χ1n) is 6.77. The number of hydrogen-bond donors (Lipinski definition) is 3. The Morgan fingerprint density at radius 1 is 1.19 bits per heavy atom. The average Bonchev–Trinajstić information content (AvgIpc) is 2.84. The Hall–Kier alpha value is -2.56. The van der Waals surface area contributed by atoms with Crippen LogP contribution in [-0.2, 0) is 6.54 Å². The Balaban J connectivity index is 1.80. The highest BCUT2D eigenvalue weighted by atomic mass is 19.1. The minimum absolute atomic E-state index is 0.141. The van der Waals surface area contributed by atoms with Gasteiger partial charge in [0.2, 0.25) is 5.95 Å². The van der Waals surface area contributed by atoms with Gasteiger partial charge < -0.3 is 16.0 Å². The number of aryl methyl sites for hydroxylation is 2. The van der Waals surface area contributed by atoms with Crippen LogP contribution in [0.4, 0.5) is 16.0 Å². The van der Waals surface area contributed by atoms with E-state index >= 15 is 0 Å². The van der Waals surface area contributed by atoms with Gasteiger partial charge in [0.25, 0.3) is 0 Å². The molecule has 5 heteroatoms. The fraction of sp³-hybridized carbons (Fsp3) is 0.188. The number of benzene rings is 2. The Bertz CT molecular complexity index is 784. The van der Waals surface area contributed by atoms with E-state index in [-0.39, 0.29) is 5.82 Å². The minimum atomic E-state index is -0.141. The number of nitrogens with one attached hydrogen (secondary N) is 2. The lowest BCUT2D eigenvalue weighted by molar-refractivity contribution is 0.608. The summed E-state index contributed by atoms with van der Waals surface area (Å²) >= 11 is 0. The SMILES string of the molecule is Cc1cc(CNc2nc3ccc(N)cc3[nH]2)cc(C)c1F. The van der Waals surface area contributed by atoms with Crippen LogP contribution in [0.2, 0.25) is 0 Å². The number of nitrogens with two attached hydrogens (primary N) is 1. The van der Waals surface area contributed by atoms with Crippen LogP contribution in [0.3, 0.4) is 0 Å². The third-order valence-electron chi connectivity index (χ3n) is 3.46. The lowest BCUT2D eigenvalue weighted by atomic mass is 10.1. The van der Waals surface area contributed by atoms with Gasteiger partial charge in [0.15, 0.2) is 0 Å². The van der Waals surface area contributed by atoms with Gasteiger partial charge in [-0.2, -0.15) is 0 Å². The third-order valence-corrected chi connectivity index (χ3v) is 3.46. The van der Waals surface area contributed by atoms with Crippen LogP contribution in [0, 0.1) is 19.7 Å². The molecule has 0 saturated heterocycles. The van der Waals surface area contributed by atoms with E-state index in [0.717, 1.165) is 16.6 Å². The van der Waals surface area contributed by atoms with Crippen LogP contribution >= 0.6 is 0 Å². The smallest absolute Gasteiger partial charge is 0.201 e. The average molecular weight is 284 g/mol. The summed E-state index contributed by atoms with van der Waals surface area (Å²) in [5.74, 6) is 0.535. The summed E-state index contributed by atoms with van der Waals surface area (Å²) in [7, 11) is 0. The topological polar surface area (TPSA) is 66.7 Å². The van der Waals surface area contributed by atoms with Crippen LogP contribution in [-0.4, -0.2) is 9.97 Å². The van der Waals surface area contributed by atoms with Crippen molar-refractivity contribution >= 4 is 22.7 Å². The van der Waals surface area contributed by atoms with E-state index in [2.05, 4.69) is 15.3 Å². The van der Waals surface area contributed by atoms with Gasteiger partial charge in [0, 0.05) is 12.2 Å². The Morgan fingerprint density at radius 2 is 1.90 bits per heavy atom. The molecule has 3 rings (SSSR count). The molecule has 2 aromatic carbocycles. The highest BCUT2D eigenvalue weighted by Crippen LogP contribution is 2.19. The normalized spacial score (nSPS) is 11.0. The number of nitrogens with zero attached hydrogens (tertiary/aromatic N) is 1. The van der Waals surface area contributed by atoms with Crippen molar-refractivity contribution in [1.82, 2.24) is 9.97 Å². The molecule has 0 aliphatic rings. The second-order valence-electron chi connectivity index (χ2n) is 5.26. The Morgan fingerprint density at radius 3 is 2.62 bits per heavy atom. The lowest BCUT2D eigenvalue weighted by Gasteiger charge is -2.07. The molecule has 0 bridgehead atoms. The van der Waals surface area contributed by atoms with E-state index in [4.69, 9.17) is 5.73 Å². The van der Waals surface area contributed by atoms with Crippen molar-refractivity contribution in [2.24, 2.45) is 0 Å². The first kappa shape index (κ1) is 13.4. The first-order valence-corrected chi connectivity index (χ1v) is 6.77. The van der Waals surface area contributed by atoms with E-state index in [0.29, 0.717) is 29.3 Å². The highest BCUT2D eigenvalue weighted by molar-refractivity contribution is 5.80. The van der Waals surface area contributed by atoms with Crippen molar-refractivity contribution in [3.05, 3.63) is 52.8 Å². The molecule has 0 aliphatic heterocycles. The molecular formula is C16H17FN4. The van der Waals surface area contributed by atoms with E-state index in [1.807, 2.05) is 30.3 Å². The Labute approximate surface area is 122 Å². The first-order chi connectivity index (χ1) is 10.0. The minimum Gasteiger partial charge on any atom is -0.399 e. The standard InChI is InChI=1S/C16H17FN4/c1-9-5-11(6-10(2)15(9)17)8-19-16-20-13-4-3-12(18)7-14(13)21-16/h3-7H,8,18H2,1-2H3,(H2,19,20,21). The van der Waals surface area contributed by atoms with Gasteiger partial charge in [-0.25, -0.2) is 9.37 Å². The number of imidazole rings is 1. The number of aromatic nitrogens is 2. The van der Waals surface area contributed by atoms with E-state index in [1.54, 1.807) is 13.8 Å². The van der Waals surface area contributed by atoms with Crippen LogP contribution in [0.1, 0.15) is 16.7 Å². The summed E-state index contributed by atoms with van der Waals surface area (Å²) in [4.78, 5) is 7.61. The maximum atomic E-state index is 13.6. The fourth-order valence-corrected chi connectivity index (χ4v) is 2.43. The molecule has 1 aromatic heterocycles. The molecule has 0 radical (unpaired) electrons. The maximum absolute atomic E-state index is 13.6. The highest BCUT2D eigenvalue weighted by Gasteiger charge is 2.06. The number of fused-ring (bicyclic) bond motifs is 1. The zero-order valence-corrected chi connectivity index (χ0v) is 12.0. The van der Waals surface area contributed by atoms with Gasteiger partial charge in [0.05, 0.1) is 11.0 Å². The molecule has 4 nitrogen and oxygen atoms in total. The molecule has 0 atom stereocenters. The molecule has 0 amide bonds. The van der Waals surface area contributed by atoms with Crippen molar-refractivity contribution < 1.29 is 4.39 Å². The number of halogens is 1. The molecular weight excluding hydrogens is 267 g/mol. The van der Waals surface area contributed by atoms with Crippen LogP contribution < -0.4 is 11.1 Å². The monoisotopic (exact) mass is 284 g/mol. The number of hydrogen-bond acceptors (Lipinski definition) is 3. The summed E-state index contributed by atoms with van der Waals surface area (Å²) in [6.07, 6.45) is 0. The van der Waals surface area contributed by atoms with Crippen LogP contribution in [0.15, 0.2) is 30.3 Å². The third kappa shape index (κ3) is 2.67. The van der Waals surface area contributed by atoms with Crippen LogP contribution in [0.25, 0.3) is 11.0 Å². The molecule has 0 fully saturated rings. The molecule has 3 aromatic rings. The van der Waals surface area contributed by atoms with E-state index < -0.39 is 0 Å². The lowest BCUT2D eigenvalue weighted by Crippen LogP contribution is -2.02. The second kappa shape index (κ2) is 5.09. The predicted molar refractivity (Wildman–Crippen MR) is 83.7 cm³/mol. The fourth-order valence-electron chi connectivity index (χ4n) is 2.43. The molecule has 0 saturated carbocycles. The van der Waals surface area contributed by atoms with E-state index in [1.165, 1.54) is 0 Å². The summed E-state index contributed by atoms with van der Waals surface area (Å²) in [5.41, 5.74) is 10.5. The zero-order chi connectivity index (χ0) is 15.0. The number of rotatable bonds is 3. The van der Waals surface area contributed by atoms with Gasteiger partial charge in [-0.05, 0) is 48.7 Å². The summed E-state index contributed by atoms with van der Waals surface area (Å²) in [6, 6.07) is 9.23. The van der Waals surface area contributed by atoms with Gasteiger partial charge in [0.1, 0.15) is 5.82 Å². The molecule has 1 heterocycles. The number of anilines is 2. The van der Waals surface area contributed by atoms with Crippen molar-refractivity contribution in [3.8, 4) is 0 Å². The summed E-state index contributed by atoms with van der Waals surface area (Å²) < 4.78 is 13.6. The van der Waals surface area contributed by atoms with Crippen molar-refractivity contribution in [2.75, 3.05) is 11.1 Å². The molecule has 4 N–H and O–H groups in total. The summed E-state index contributed by atoms with van der Waals surface area (Å²) in [6.45, 7) is 4.13. The summed E-state index contributed by atoms with van der Waals surface area (Å²) in [5, 5.41) is 3.21. The molecule has 108 valence electrons. The number of H-pyrrole nitrogens is 1. The maximum Gasteiger partial charge on any atom is 0.201 e. The molecule has 0 spiro atoms. The number of nitrogen functional groups attached to an aromatic ring is 1. The predicted octanol–water partition coefficient (Wildman–Crippen LogP) is 3.51. The molecule has 21 heavy (non-hydrogen) atoms. The van der Waals surface area contributed by atoms with E-state index in [9.17, 15) is 4.39 Å². The van der Waals surface area contributed by atoms with Crippen molar-refractivity contribution in [2.45, 2.75) is 20.4 Å². The Kier molecular flexibility index (Phi) is 3.25. The van der Waals surface area contributed by atoms with Gasteiger partial charge in [-0.1, -0.05) is 12.1 Å². The van der Waals surface area contributed by atoms with Gasteiger partial charge in [-0.3, -0.25) is 0 Å². The van der Waals surface area contributed by atoms with Crippen molar-refractivity contribution in [3.63, 3.8) is 0 Å². The van der Waals surface area contributed by atoms with Gasteiger partial charge >= 0.3 is 0 Å². The quantitative estimate of drug-likeness (QED) is 0.645. The van der Waals surface area contributed by atoms with Crippen LogP contribution in [0.5, 0.6) is 0 Å². The zero-order valence-electron chi connectivity index (χ0n) is 12.0. The molecule has 0 aliphatic carbocycles. The number of aromatic amines is 1. The molecule has 0 unspecified atom stereocenters. The second-order valence-corrected chi connectivity index (χ2v) is 5.26. The van der Waals surface area contributed by atoms with Gasteiger partial charge in [-0.15, -0.1) is 0 Å². The van der Waals surface area contributed by atoms with Crippen molar-refractivity contribution in [1.29, 1.82) is 0 Å².